The van der Waals surface area contributed by atoms with Crippen molar-refractivity contribution in [2.75, 3.05) is 18.1 Å². The van der Waals surface area contributed by atoms with Gasteiger partial charge in [-0.2, -0.15) is 11.8 Å². The zero-order valence-corrected chi connectivity index (χ0v) is 12.5. The van der Waals surface area contributed by atoms with E-state index in [-0.39, 0.29) is 0 Å². The summed E-state index contributed by atoms with van der Waals surface area (Å²) in [5.74, 6) is 3.48. The lowest BCUT2D eigenvalue weighted by atomic mass is 9.98. The molecule has 0 aliphatic carbocycles. The van der Waals surface area contributed by atoms with Crippen LogP contribution in [0, 0.1) is 5.92 Å². The zero-order valence-electron chi connectivity index (χ0n) is 11.7. The van der Waals surface area contributed by atoms with Crippen LogP contribution in [0.2, 0.25) is 0 Å². The third-order valence-corrected chi connectivity index (χ3v) is 4.15. The van der Waals surface area contributed by atoms with Gasteiger partial charge in [0.1, 0.15) is 0 Å². The van der Waals surface area contributed by atoms with Gasteiger partial charge in [0.15, 0.2) is 0 Å². The van der Waals surface area contributed by atoms with Gasteiger partial charge >= 0.3 is 0 Å². The number of hydrogen-bond acceptors (Lipinski definition) is 2. The molecule has 0 rings (SSSR count). The standard InChI is InChI=1S/C14H31NS/c1-5-8-13(4)11-14(15-9-6-2)12-16-10-7-3/h13-15H,5-12H2,1-4H3. The second-order valence-corrected chi connectivity index (χ2v) is 6.01. The molecule has 2 unspecified atom stereocenters. The Labute approximate surface area is 107 Å². The maximum absolute atomic E-state index is 3.70. The van der Waals surface area contributed by atoms with Crippen molar-refractivity contribution in [3.8, 4) is 0 Å². The maximum Gasteiger partial charge on any atom is 0.0160 e. The molecule has 2 heteroatoms. The van der Waals surface area contributed by atoms with Gasteiger partial charge in [-0.1, -0.05) is 40.5 Å². The average molecular weight is 245 g/mol. The highest BCUT2D eigenvalue weighted by Crippen LogP contribution is 2.16. The molecule has 0 saturated carbocycles. The molecule has 0 aromatic rings. The van der Waals surface area contributed by atoms with Gasteiger partial charge in [-0.05, 0) is 37.5 Å². The summed E-state index contributed by atoms with van der Waals surface area (Å²) in [6, 6.07) is 0.734. The summed E-state index contributed by atoms with van der Waals surface area (Å²) >= 11 is 2.11. The summed E-state index contributed by atoms with van der Waals surface area (Å²) in [4.78, 5) is 0. The first-order valence-corrected chi connectivity index (χ1v) is 8.21. The van der Waals surface area contributed by atoms with Gasteiger partial charge in [0.2, 0.25) is 0 Å². The van der Waals surface area contributed by atoms with Crippen LogP contribution in [0.5, 0.6) is 0 Å². The zero-order chi connectivity index (χ0) is 12.2. The van der Waals surface area contributed by atoms with Crippen LogP contribution in [0.3, 0.4) is 0 Å². The van der Waals surface area contributed by atoms with E-state index in [0.29, 0.717) is 0 Å². The van der Waals surface area contributed by atoms with Gasteiger partial charge in [0, 0.05) is 11.8 Å². The first-order valence-electron chi connectivity index (χ1n) is 7.05. The highest BCUT2D eigenvalue weighted by molar-refractivity contribution is 7.99. The molecule has 98 valence electrons. The highest BCUT2D eigenvalue weighted by Gasteiger charge is 2.11. The van der Waals surface area contributed by atoms with E-state index in [1.54, 1.807) is 0 Å². The molecule has 0 heterocycles. The molecule has 0 fully saturated rings. The Balaban J connectivity index is 3.78. The van der Waals surface area contributed by atoms with Crippen molar-refractivity contribution in [2.24, 2.45) is 5.92 Å². The summed E-state index contributed by atoms with van der Waals surface area (Å²) in [5.41, 5.74) is 0. The minimum absolute atomic E-state index is 0.734. The molecule has 0 aromatic carbocycles. The summed E-state index contributed by atoms with van der Waals surface area (Å²) in [5, 5.41) is 3.70. The van der Waals surface area contributed by atoms with Crippen molar-refractivity contribution in [3.05, 3.63) is 0 Å². The van der Waals surface area contributed by atoms with Gasteiger partial charge in [0.05, 0.1) is 0 Å². The van der Waals surface area contributed by atoms with Crippen LogP contribution in [-0.2, 0) is 0 Å². The summed E-state index contributed by atoms with van der Waals surface area (Å²) < 4.78 is 0. The van der Waals surface area contributed by atoms with E-state index in [0.717, 1.165) is 12.0 Å². The fourth-order valence-corrected chi connectivity index (χ4v) is 3.02. The van der Waals surface area contributed by atoms with E-state index in [1.807, 2.05) is 0 Å². The molecule has 0 amide bonds. The monoisotopic (exact) mass is 245 g/mol. The molecule has 0 aliphatic rings. The predicted octanol–water partition coefficient (Wildman–Crippen LogP) is 4.32. The van der Waals surface area contributed by atoms with Gasteiger partial charge < -0.3 is 5.32 Å². The Kier molecular flexibility index (Phi) is 12.0. The molecule has 2 atom stereocenters. The van der Waals surface area contributed by atoms with Crippen molar-refractivity contribution in [1.82, 2.24) is 5.32 Å². The number of hydrogen-bond donors (Lipinski definition) is 1. The molecule has 1 nitrogen and oxygen atoms in total. The number of thioether (sulfide) groups is 1. The van der Waals surface area contributed by atoms with Crippen LogP contribution in [0.15, 0.2) is 0 Å². The lowest BCUT2D eigenvalue weighted by molar-refractivity contribution is 0.404. The van der Waals surface area contributed by atoms with Crippen LogP contribution in [0.4, 0.5) is 0 Å². The Hall–Kier alpha value is 0.310. The molecular formula is C14H31NS. The highest BCUT2D eigenvalue weighted by atomic mass is 32.2. The van der Waals surface area contributed by atoms with E-state index in [2.05, 4.69) is 44.8 Å². The van der Waals surface area contributed by atoms with Crippen LogP contribution in [-0.4, -0.2) is 24.1 Å². The quantitative estimate of drug-likeness (QED) is 0.544. The molecular weight excluding hydrogens is 214 g/mol. The van der Waals surface area contributed by atoms with Crippen molar-refractivity contribution >= 4 is 11.8 Å². The Morgan fingerprint density at radius 2 is 1.81 bits per heavy atom. The Morgan fingerprint density at radius 3 is 2.38 bits per heavy atom. The third kappa shape index (κ3) is 9.53. The molecule has 0 radical (unpaired) electrons. The van der Waals surface area contributed by atoms with Crippen molar-refractivity contribution in [3.63, 3.8) is 0 Å². The largest absolute Gasteiger partial charge is 0.313 e. The van der Waals surface area contributed by atoms with E-state index in [9.17, 15) is 0 Å². The summed E-state index contributed by atoms with van der Waals surface area (Å²) in [7, 11) is 0. The molecule has 0 aromatic heterocycles. The second kappa shape index (κ2) is 11.8. The fraction of sp³-hybridized carbons (Fsp3) is 1.00. The first-order chi connectivity index (χ1) is 7.74. The minimum Gasteiger partial charge on any atom is -0.313 e. The Morgan fingerprint density at radius 1 is 1.06 bits per heavy atom. The predicted molar refractivity (Wildman–Crippen MR) is 78.4 cm³/mol. The first kappa shape index (κ1) is 16.3. The second-order valence-electron chi connectivity index (χ2n) is 4.86. The average Bonchev–Trinajstić information content (AvgIpc) is 2.26. The lowest BCUT2D eigenvalue weighted by Gasteiger charge is -2.21. The van der Waals surface area contributed by atoms with Crippen LogP contribution < -0.4 is 5.32 Å². The van der Waals surface area contributed by atoms with Crippen molar-refractivity contribution in [1.29, 1.82) is 0 Å². The third-order valence-electron chi connectivity index (χ3n) is 2.82. The fourth-order valence-electron chi connectivity index (χ4n) is 2.03. The SMILES string of the molecule is CCCNC(CSCCC)CC(C)CCC. The smallest absolute Gasteiger partial charge is 0.0160 e. The molecule has 0 aliphatic heterocycles. The minimum atomic E-state index is 0.734. The van der Waals surface area contributed by atoms with Crippen molar-refractivity contribution in [2.45, 2.75) is 65.8 Å². The summed E-state index contributed by atoms with van der Waals surface area (Å²) in [6.45, 7) is 10.4. The topological polar surface area (TPSA) is 12.0 Å². The molecule has 0 bridgehead atoms. The Bertz CT molecular complexity index is 139. The van der Waals surface area contributed by atoms with Crippen LogP contribution in [0.1, 0.15) is 59.8 Å². The van der Waals surface area contributed by atoms with E-state index in [1.165, 1.54) is 50.2 Å². The molecule has 0 saturated heterocycles. The normalized spacial score (nSPS) is 15.0. The van der Waals surface area contributed by atoms with Crippen molar-refractivity contribution < 1.29 is 0 Å². The van der Waals surface area contributed by atoms with Crippen LogP contribution >= 0.6 is 11.8 Å². The van der Waals surface area contributed by atoms with Gasteiger partial charge in [-0.15, -0.1) is 0 Å². The van der Waals surface area contributed by atoms with Gasteiger partial charge in [-0.3, -0.25) is 0 Å². The van der Waals surface area contributed by atoms with E-state index >= 15 is 0 Å². The van der Waals surface area contributed by atoms with Gasteiger partial charge in [0.25, 0.3) is 0 Å². The van der Waals surface area contributed by atoms with E-state index in [4.69, 9.17) is 0 Å². The molecule has 16 heavy (non-hydrogen) atoms. The molecule has 1 N–H and O–H groups in total. The van der Waals surface area contributed by atoms with E-state index < -0.39 is 0 Å². The molecule has 0 spiro atoms. The summed E-state index contributed by atoms with van der Waals surface area (Å²) in [6.07, 6.45) is 6.60. The number of rotatable bonds is 11. The van der Waals surface area contributed by atoms with Crippen LogP contribution in [0.25, 0.3) is 0 Å². The lowest BCUT2D eigenvalue weighted by Crippen LogP contribution is -2.33. The maximum atomic E-state index is 3.70. The van der Waals surface area contributed by atoms with Gasteiger partial charge in [-0.25, -0.2) is 0 Å². The number of nitrogens with one attached hydrogen (secondary N) is 1.